The van der Waals surface area contributed by atoms with Crippen LogP contribution in [0.25, 0.3) is 0 Å². The number of sulfonamides is 2. The smallest absolute Gasteiger partial charge is 0.262 e. The number of anilines is 2. The van der Waals surface area contributed by atoms with Gasteiger partial charge in [-0.05, 0) is 54.6 Å². The Labute approximate surface area is 185 Å². The number of halogens is 1. The SMILES string of the molecule is COc1ccc(S(=O)(=O)Nc2ccc(S(=O)(=O)Nc3cccc(Cl)c3)cc2)cc1OC. The van der Waals surface area contributed by atoms with E-state index in [1.165, 1.54) is 62.8 Å². The molecule has 0 aliphatic rings. The molecule has 3 aromatic carbocycles. The van der Waals surface area contributed by atoms with E-state index in [-0.39, 0.29) is 21.2 Å². The lowest BCUT2D eigenvalue weighted by molar-refractivity contribution is 0.354. The van der Waals surface area contributed by atoms with Crippen LogP contribution in [-0.4, -0.2) is 31.1 Å². The summed E-state index contributed by atoms with van der Waals surface area (Å²) in [5.41, 5.74) is 0.502. The van der Waals surface area contributed by atoms with E-state index >= 15 is 0 Å². The number of methoxy groups -OCH3 is 2. The molecule has 0 atom stereocenters. The van der Waals surface area contributed by atoms with Crippen LogP contribution < -0.4 is 18.9 Å². The van der Waals surface area contributed by atoms with Gasteiger partial charge in [0.2, 0.25) is 0 Å². The Morgan fingerprint density at radius 3 is 1.87 bits per heavy atom. The van der Waals surface area contributed by atoms with E-state index in [1.807, 2.05) is 0 Å². The van der Waals surface area contributed by atoms with E-state index in [1.54, 1.807) is 18.2 Å². The second kappa shape index (κ2) is 9.04. The molecule has 0 aliphatic heterocycles. The molecule has 2 N–H and O–H groups in total. The molecule has 0 saturated heterocycles. The van der Waals surface area contributed by atoms with Gasteiger partial charge in [-0.15, -0.1) is 0 Å². The van der Waals surface area contributed by atoms with Gasteiger partial charge in [-0.1, -0.05) is 17.7 Å². The number of nitrogens with one attached hydrogen (secondary N) is 2. The van der Waals surface area contributed by atoms with Gasteiger partial charge in [0.05, 0.1) is 29.7 Å². The first-order valence-corrected chi connectivity index (χ1v) is 12.1. The Hall–Kier alpha value is -2.95. The molecule has 31 heavy (non-hydrogen) atoms. The molecule has 0 aliphatic carbocycles. The van der Waals surface area contributed by atoms with Gasteiger partial charge in [0.1, 0.15) is 0 Å². The maximum atomic E-state index is 12.7. The lowest BCUT2D eigenvalue weighted by Crippen LogP contribution is -2.14. The second-order valence-corrected chi connectivity index (χ2v) is 10.1. The van der Waals surface area contributed by atoms with E-state index in [0.717, 1.165) is 0 Å². The van der Waals surface area contributed by atoms with Crippen LogP contribution in [0.1, 0.15) is 0 Å². The molecule has 0 amide bonds. The summed E-state index contributed by atoms with van der Waals surface area (Å²) < 4.78 is 65.5. The highest BCUT2D eigenvalue weighted by Crippen LogP contribution is 2.30. The summed E-state index contributed by atoms with van der Waals surface area (Å²) in [4.78, 5) is -0.0778. The largest absolute Gasteiger partial charge is 0.493 e. The van der Waals surface area contributed by atoms with Crippen LogP contribution in [-0.2, 0) is 20.0 Å². The topological polar surface area (TPSA) is 111 Å². The highest BCUT2D eigenvalue weighted by atomic mass is 35.5. The molecule has 8 nitrogen and oxygen atoms in total. The van der Waals surface area contributed by atoms with Crippen molar-refractivity contribution in [1.82, 2.24) is 0 Å². The quantitative estimate of drug-likeness (QED) is 0.502. The molecule has 0 fully saturated rings. The highest BCUT2D eigenvalue weighted by molar-refractivity contribution is 7.93. The first-order chi connectivity index (χ1) is 14.6. The monoisotopic (exact) mass is 482 g/mol. The molecule has 0 heterocycles. The van der Waals surface area contributed by atoms with Crippen LogP contribution in [0.2, 0.25) is 5.02 Å². The molecule has 0 radical (unpaired) electrons. The van der Waals surface area contributed by atoms with Gasteiger partial charge in [0.25, 0.3) is 20.0 Å². The van der Waals surface area contributed by atoms with Crippen LogP contribution in [0.4, 0.5) is 11.4 Å². The van der Waals surface area contributed by atoms with E-state index < -0.39 is 20.0 Å². The average Bonchev–Trinajstić information content (AvgIpc) is 2.73. The second-order valence-electron chi connectivity index (χ2n) is 6.26. The number of benzene rings is 3. The molecule has 0 unspecified atom stereocenters. The van der Waals surface area contributed by atoms with Gasteiger partial charge >= 0.3 is 0 Å². The first kappa shape index (κ1) is 22.7. The zero-order valence-electron chi connectivity index (χ0n) is 16.5. The Balaban J connectivity index is 1.80. The molecule has 0 spiro atoms. The molecular weight excluding hydrogens is 464 g/mol. The zero-order chi connectivity index (χ0) is 22.6. The van der Waals surface area contributed by atoms with Gasteiger partial charge in [-0.3, -0.25) is 9.44 Å². The summed E-state index contributed by atoms with van der Waals surface area (Å²) in [7, 11) is -4.97. The van der Waals surface area contributed by atoms with Crippen LogP contribution in [0.5, 0.6) is 11.5 Å². The summed E-state index contributed by atoms with van der Waals surface area (Å²) in [5, 5.41) is 0.389. The number of rotatable bonds is 8. The van der Waals surface area contributed by atoms with Crippen LogP contribution in [0.15, 0.2) is 76.5 Å². The summed E-state index contributed by atoms with van der Waals surface area (Å²) in [6.07, 6.45) is 0. The van der Waals surface area contributed by atoms with Crippen molar-refractivity contribution in [2.24, 2.45) is 0 Å². The maximum Gasteiger partial charge on any atom is 0.262 e. The number of hydrogen-bond donors (Lipinski definition) is 2. The Kier molecular flexibility index (Phi) is 6.63. The van der Waals surface area contributed by atoms with E-state index in [0.29, 0.717) is 16.5 Å². The fraction of sp³-hybridized carbons (Fsp3) is 0.100. The summed E-state index contributed by atoms with van der Waals surface area (Å²) in [6, 6.07) is 15.7. The molecule has 164 valence electrons. The highest BCUT2D eigenvalue weighted by Gasteiger charge is 2.19. The van der Waals surface area contributed by atoms with Crippen molar-refractivity contribution in [3.63, 3.8) is 0 Å². The van der Waals surface area contributed by atoms with Crippen molar-refractivity contribution in [2.45, 2.75) is 9.79 Å². The number of hydrogen-bond acceptors (Lipinski definition) is 6. The minimum Gasteiger partial charge on any atom is -0.493 e. The third-order valence-corrected chi connectivity index (χ3v) is 7.17. The fourth-order valence-electron chi connectivity index (χ4n) is 2.67. The molecule has 3 rings (SSSR count). The van der Waals surface area contributed by atoms with Crippen LogP contribution >= 0.6 is 11.6 Å². The lowest BCUT2D eigenvalue weighted by atomic mass is 10.3. The summed E-state index contributed by atoms with van der Waals surface area (Å²) >= 11 is 5.87. The van der Waals surface area contributed by atoms with Gasteiger partial charge in [0.15, 0.2) is 11.5 Å². The van der Waals surface area contributed by atoms with Crippen molar-refractivity contribution in [3.8, 4) is 11.5 Å². The third kappa shape index (κ3) is 5.40. The van der Waals surface area contributed by atoms with Gasteiger partial charge in [0, 0.05) is 16.8 Å². The summed E-state index contributed by atoms with van der Waals surface area (Å²) in [6.45, 7) is 0. The predicted octanol–water partition coefficient (Wildman–Crippen LogP) is 3.96. The standard InChI is InChI=1S/C20H19ClN2O6S2/c1-28-19-11-10-18(13-20(19)29-2)31(26,27)22-15-6-8-17(9-7-15)30(24,25)23-16-5-3-4-14(21)12-16/h3-13,22-23H,1-2H3. The van der Waals surface area contributed by atoms with Crippen molar-refractivity contribution in [1.29, 1.82) is 0 Å². The molecule has 0 aromatic heterocycles. The minimum atomic E-state index is -3.94. The molecular formula is C20H19ClN2O6S2. The zero-order valence-corrected chi connectivity index (χ0v) is 18.9. The van der Waals surface area contributed by atoms with Crippen LogP contribution in [0, 0.1) is 0 Å². The first-order valence-electron chi connectivity index (χ1n) is 8.78. The summed E-state index contributed by atoms with van der Waals surface area (Å²) in [5.74, 6) is 0.655. The normalized spacial score (nSPS) is 11.6. The molecule has 11 heteroatoms. The van der Waals surface area contributed by atoms with Gasteiger partial charge in [-0.2, -0.15) is 0 Å². The van der Waals surface area contributed by atoms with Gasteiger partial charge < -0.3 is 9.47 Å². The Morgan fingerprint density at radius 2 is 1.26 bits per heavy atom. The van der Waals surface area contributed by atoms with Crippen molar-refractivity contribution < 1.29 is 26.3 Å². The third-order valence-electron chi connectivity index (χ3n) is 4.16. The fourth-order valence-corrected chi connectivity index (χ4v) is 4.98. The molecule has 3 aromatic rings. The lowest BCUT2D eigenvalue weighted by Gasteiger charge is -2.12. The van der Waals surface area contributed by atoms with Crippen molar-refractivity contribution >= 4 is 43.0 Å². The molecule has 0 bridgehead atoms. The average molecular weight is 483 g/mol. The number of ether oxygens (including phenoxy) is 2. The van der Waals surface area contributed by atoms with Crippen LogP contribution in [0.3, 0.4) is 0 Å². The van der Waals surface area contributed by atoms with E-state index in [9.17, 15) is 16.8 Å². The maximum absolute atomic E-state index is 12.7. The van der Waals surface area contributed by atoms with E-state index in [4.69, 9.17) is 21.1 Å². The van der Waals surface area contributed by atoms with Gasteiger partial charge in [-0.25, -0.2) is 16.8 Å². The minimum absolute atomic E-state index is 0.0375. The Morgan fingerprint density at radius 1 is 0.677 bits per heavy atom. The Bertz CT molecular complexity index is 1290. The predicted molar refractivity (Wildman–Crippen MR) is 119 cm³/mol. The molecule has 0 saturated carbocycles. The van der Waals surface area contributed by atoms with Crippen molar-refractivity contribution in [3.05, 3.63) is 71.8 Å². The van der Waals surface area contributed by atoms with E-state index in [2.05, 4.69) is 9.44 Å². The van der Waals surface area contributed by atoms with Crippen molar-refractivity contribution in [2.75, 3.05) is 23.7 Å².